The Kier molecular flexibility index (Phi) is 6.66. The van der Waals surface area contributed by atoms with Crippen molar-refractivity contribution >= 4 is 22.3 Å². The topological polar surface area (TPSA) is 47.6 Å². The van der Waals surface area contributed by atoms with E-state index in [9.17, 15) is 10.5 Å². The van der Waals surface area contributed by atoms with Crippen LogP contribution in [0.2, 0.25) is 0 Å². The SMILES string of the molecule is Cc1ccc(C2=C(c3ccc(C)cc3)C(c3ccc(C)cc3)=C(c3ccc(C)cc3)C2=C(C#N)C#N)cc1. The van der Waals surface area contributed by atoms with E-state index < -0.39 is 0 Å². The molecule has 0 saturated heterocycles. The van der Waals surface area contributed by atoms with E-state index in [0.717, 1.165) is 55.7 Å². The Morgan fingerprint density at radius 2 is 0.632 bits per heavy atom. The van der Waals surface area contributed by atoms with E-state index in [1.807, 2.05) is 0 Å². The van der Waals surface area contributed by atoms with Gasteiger partial charge in [0.25, 0.3) is 0 Å². The molecule has 182 valence electrons. The van der Waals surface area contributed by atoms with Gasteiger partial charge in [0.05, 0.1) is 0 Å². The smallest absolute Gasteiger partial charge is 0.138 e. The summed E-state index contributed by atoms with van der Waals surface area (Å²) in [7, 11) is 0. The normalized spacial score (nSPS) is 12.9. The zero-order valence-corrected chi connectivity index (χ0v) is 22.1. The highest BCUT2D eigenvalue weighted by Gasteiger charge is 2.34. The minimum atomic E-state index is 0.114. The van der Waals surface area contributed by atoms with Gasteiger partial charge in [-0.25, -0.2) is 0 Å². The summed E-state index contributed by atoms with van der Waals surface area (Å²) in [6.07, 6.45) is 0. The van der Waals surface area contributed by atoms with Gasteiger partial charge in [-0.1, -0.05) is 119 Å². The van der Waals surface area contributed by atoms with Gasteiger partial charge < -0.3 is 0 Å². The van der Waals surface area contributed by atoms with Gasteiger partial charge >= 0.3 is 0 Å². The largest absolute Gasteiger partial charge is 0.192 e. The Balaban J connectivity index is 2.00. The molecule has 0 fully saturated rings. The third-order valence-corrected chi connectivity index (χ3v) is 7.08. The zero-order valence-electron chi connectivity index (χ0n) is 22.1. The van der Waals surface area contributed by atoms with Crippen molar-refractivity contribution in [1.82, 2.24) is 0 Å². The molecule has 0 atom stereocenters. The number of hydrogen-bond donors (Lipinski definition) is 0. The van der Waals surface area contributed by atoms with Crippen LogP contribution in [0.1, 0.15) is 44.5 Å². The monoisotopic (exact) mass is 488 g/mol. The molecular formula is C36H28N2. The number of benzene rings is 4. The number of nitrogens with zero attached hydrogens (tertiary/aromatic N) is 2. The average molecular weight is 489 g/mol. The maximum Gasteiger partial charge on any atom is 0.138 e. The lowest BCUT2D eigenvalue weighted by atomic mass is 9.88. The Morgan fingerprint density at radius 3 is 0.868 bits per heavy atom. The Hall–Kier alpha value is -4.92. The van der Waals surface area contributed by atoms with E-state index in [2.05, 4.69) is 137 Å². The summed E-state index contributed by atoms with van der Waals surface area (Å²) in [6.45, 7) is 8.29. The summed E-state index contributed by atoms with van der Waals surface area (Å²) in [5.41, 5.74) is 13.4. The highest BCUT2D eigenvalue weighted by atomic mass is 14.4. The lowest BCUT2D eigenvalue weighted by molar-refractivity contribution is 1.42. The van der Waals surface area contributed by atoms with Crippen molar-refractivity contribution in [3.05, 3.63) is 153 Å². The van der Waals surface area contributed by atoms with E-state index >= 15 is 0 Å². The van der Waals surface area contributed by atoms with Gasteiger partial charge in [-0.15, -0.1) is 0 Å². The molecule has 4 aromatic rings. The highest BCUT2D eigenvalue weighted by Crippen LogP contribution is 2.55. The minimum absolute atomic E-state index is 0.114. The molecule has 1 aliphatic rings. The van der Waals surface area contributed by atoms with Gasteiger partial charge in [0.15, 0.2) is 0 Å². The van der Waals surface area contributed by atoms with Crippen LogP contribution in [0.4, 0.5) is 0 Å². The molecule has 0 N–H and O–H groups in total. The molecule has 1 aliphatic carbocycles. The van der Waals surface area contributed by atoms with E-state index in [1.165, 1.54) is 11.1 Å². The molecule has 0 spiro atoms. The summed E-state index contributed by atoms with van der Waals surface area (Å²) in [5.74, 6) is 0. The molecule has 0 radical (unpaired) electrons. The van der Waals surface area contributed by atoms with Crippen molar-refractivity contribution in [3.63, 3.8) is 0 Å². The number of allylic oxidation sites excluding steroid dienone is 6. The maximum absolute atomic E-state index is 10.2. The second-order valence-electron chi connectivity index (χ2n) is 9.94. The minimum Gasteiger partial charge on any atom is -0.192 e. The molecule has 2 nitrogen and oxygen atoms in total. The zero-order chi connectivity index (χ0) is 26.8. The molecular weight excluding hydrogens is 460 g/mol. The lowest BCUT2D eigenvalue weighted by Crippen LogP contribution is -1.96. The van der Waals surface area contributed by atoms with Gasteiger partial charge in [-0.3, -0.25) is 0 Å². The molecule has 0 aliphatic heterocycles. The number of rotatable bonds is 4. The predicted octanol–water partition coefficient (Wildman–Crippen LogP) is 8.80. The first-order valence-electron chi connectivity index (χ1n) is 12.7. The Labute approximate surface area is 225 Å². The van der Waals surface area contributed by atoms with Crippen molar-refractivity contribution in [2.75, 3.05) is 0 Å². The van der Waals surface area contributed by atoms with Crippen molar-refractivity contribution in [3.8, 4) is 12.1 Å². The Bertz CT molecular complexity index is 1570. The molecule has 4 aromatic carbocycles. The molecule has 0 unspecified atom stereocenters. The average Bonchev–Trinajstić information content (AvgIpc) is 3.27. The molecule has 0 bridgehead atoms. The van der Waals surface area contributed by atoms with E-state index in [-0.39, 0.29) is 5.57 Å². The van der Waals surface area contributed by atoms with Gasteiger partial charge in [0, 0.05) is 16.7 Å². The summed E-state index contributed by atoms with van der Waals surface area (Å²) >= 11 is 0. The molecule has 0 amide bonds. The van der Waals surface area contributed by atoms with Gasteiger partial charge in [0.2, 0.25) is 0 Å². The van der Waals surface area contributed by atoms with Crippen molar-refractivity contribution < 1.29 is 0 Å². The van der Waals surface area contributed by atoms with Crippen LogP contribution < -0.4 is 0 Å². The van der Waals surface area contributed by atoms with Crippen molar-refractivity contribution in [2.24, 2.45) is 0 Å². The summed E-state index contributed by atoms with van der Waals surface area (Å²) in [4.78, 5) is 0. The van der Waals surface area contributed by atoms with Crippen molar-refractivity contribution in [2.45, 2.75) is 27.7 Å². The van der Waals surface area contributed by atoms with Crippen LogP contribution in [-0.4, -0.2) is 0 Å². The van der Waals surface area contributed by atoms with E-state index in [0.29, 0.717) is 5.57 Å². The van der Waals surface area contributed by atoms with Crippen LogP contribution in [0.5, 0.6) is 0 Å². The summed E-state index contributed by atoms with van der Waals surface area (Å²) in [5, 5.41) is 20.4. The second kappa shape index (κ2) is 10.2. The highest BCUT2D eigenvalue weighted by molar-refractivity contribution is 6.35. The third kappa shape index (κ3) is 4.50. The summed E-state index contributed by atoms with van der Waals surface area (Å²) < 4.78 is 0. The van der Waals surface area contributed by atoms with E-state index in [4.69, 9.17) is 0 Å². The van der Waals surface area contributed by atoms with Crippen LogP contribution in [-0.2, 0) is 0 Å². The maximum atomic E-state index is 10.2. The van der Waals surface area contributed by atoms with Crippen LogP contribution in [0.25, 0.3) is 22.3 Å². The second-order valence-corrected chi connectivity index (χ2v) is 9.94. The van der Waals surface area contributed by atoms with Gasteiger partial charge in [-0.05, 0) is 61.1 Å². The van der Waals surface area contributed by atoms with Crippen LogP contribution in [0, 0.1) is 50.4 Å². The fourth-order valence-corrected chi connectivity index (χ4v) is 5.05. The van der Waals surface area contributed by atoms with Crippen LogP contribution in [0.15, 0.2) is 108 Å². The first kappa shape index (κ1) is 24.8. The molecule has 0 aromatic heterocycles. The quantitative estimate of drug-likeness (QED) is 0.269. The van der Waals surface area contributed by atoms with Crippen molar-refractivity contribution in [1.29, 1.82) is 10.5 Å². The van der Waals surface area contributed by atoms with Crippen LogP contribution >= 0.6 is 0 Å². The molecule has 2 heteroatoms. The standard InChI is InChI=1S/C36H28N2/c1-23-5-13-27(14-6-23)32-33(28-15-7-24(2)8-16-28)35(30-19-11-26(4)12-20-30)36(31(21-37)22-38)34(32)29-17-9-25(3)10-18-29/h5-20H,1-4H3. The number of nitriles is 2. The van der Waals surface area contributed by atoms with E-state index in [1.54, 1.807) is 0 Å². The molecule has 0 heterocycles. The first-order valence-corrected chi connectivity index (χ1v) is 12.7. The van der Waals surface area contributed by atoms with Gasteiger partial charge in [0.1, 0.15) is 17.7 Å². The molecule has 38 heavy (non-hydrogen) atoms. The third-order valence-electron chi connectivity index (χ3n) is 7.08. The Morgan fingerprint density at radius 1 is 0.395 bits per heavy atom. The lowest BCUT2D eigenvalue weighted by Gasteiger charge is -2.15. The fraction of sp³-hybridized carbons (Fsp3) is 0.111. The van der Waals surface area contributed by atoms with Crippen LogP contribution in [0.3, 0.4) is 0 Å². The molecule has 0 saturated carbocycles. The first-order chi connectivity index (χ1) is 18.4. The summed E-state index contributed by atoms with van der Waals surface area (Å²) in [6, 6.07) is 38.2. The van der Waals surface area contributed by atoms with Gasteiger partial charge in [-0.2, -0.15) is 10.5 Å². The predicted molar refractivity (Wildman–Crippen MR) is 157 cm³/mol. The molecule has 5 rings (SSSR count). The fourth-order valence-electron chi connectivity index (χ4n) is 5.05. The number of aryl methyl sites for hydroxylation is 4. The number of hydrogen-bond acceptors (Lipinski definition) is 2.